The number of hydrogen-bond acceptors (Lipinski definition) is 5. The molecule has 232 valence electrons. The van der Waals surface area contributed by atoms with Gasteiger partial charge in [0, 0.05) is 37.0 Å². The second-order valence-corrected chi connectivity index (χ2v) is 12.8. The van der Waals surface area contributed by atoms with E-state index in [4.69, 9.17) is 16.3 Å². The minimum atomic E-state index is -3.67. The van der Waals surface area contributed by atoms with E-state index in [-0.39, 0.29) is 43.8 Å². The Balaban J connectivity index is 1.91. The molecule has 2 atom stereocenters. The van der Waals surface area contributed by atoms with E-state index in [0.717, 1.165) is 23.8 Å². The van der Waals surface area contributed by atoms with Crippen molar-refractivity contribution in [3.63, 3.8) is 0 Å². The van der Waals surface area contributed by atoms with Gasteiger partial charge in [-0.3, -0.25) is 13.9 Å². The number of anilines is 1. The second-order valence-electron chi connectivity index (χ2n) is 10.5. The lowest BCUT2D eigenvalue weighted by molar-refractivity contribution is -0.141. The molecule has 3 aromatic carbocycles. The summed E-state index contributed by atoms with van der Waals surface area (Å²) >= 11 is 6.50. The van der Waals surface area contributed by atoms with E-state index < -0.39 is 16.1 Å². The number of sulfonamides is 1. The normalized spacial score (nSPS) is 12.7. The van der Waals surface area contributed by atoms with Crippen LogP contribution in [0.4, 0.5) is 5.69 Å². The van der Waals surface area contributed by atoms with E-state index in [1.165, 1.54) is 4.31 Å². The van der Waals surface area contributed by atoms with Crippen LogP contribution < -0.4 is 14.4 Å². The summed E-state index contributed by atoms with van der Waals surface area (Å²) in [6.07, 6.45) is 2.45. The Kier molecular flexibility index (Phi) is 12.9. The van der Waals surface area contributed by atoms with Crippen LogP contribution in [-0.4, -0.2) is 56.6 Å². The zero-order valence-electron chi connectivity index (χ0n) is 25.3. The molecule has 0 spiro atoms. The summed E-state index contributed by atoms with van der Waals surface area (Å²) in [4.78, 5) is 29.3. The van der Waals surface area contributed by atoms with E-state index in [0.29, 0.717) is 29.5 Å². The van der Waals surface area contributed by atoms with Crippen LogP contribution in [-0.2, 0) is 32.6 Å². The smallest absolute Gasteiger partial charge is 0.243 e. The quantitative estimate of drug-likeness (QED) is 0.215. The highest BCUT2D eigenvalue weighted by Crippen LogP contribution is 2.30. The van der Waals surface area contributed by atoms with Gasteiger partial charge in [-0.1, -0.05) is 79.2 Å². The molecule has 3 aromatic rings. The summed E-state index contributed by atoms with van der Waals surface area (Å²) in [6, 6.07) is 22.9. The number of hydrogen-bond donors (Lipinski definition) is 1. The molecule has 0 saturated heterocycles. The van der Waals surface area contributed by atoms with Crippen molar-refractivity contribution in [3.8, 4) is 5.75 Å². The number of benzene rings is 3. The average molecular weight is 628 g/mol. The summed E-state index contributed by atoms with van der Waals surface area (Å²) < 4.78 is 32.6. The van der Waals surface area contributed by atoms with Crippen molar-refractivity contribution in [1.82, 2.24) is 10.2 Å². The lowest BCUT2D eigenvalue weighted by atomic mass is 10.0. The summed E-state index contributed by atoms with van der Waals surface area (Å²) in [7, 11) is -3.67. The Hall–Kier alpha value is -3.56. The third-order valence-corrected chi connectivity index (χ3v) is 8.71. The minimum absolute atomic E-state index is 0.0230. The predicted octanol–water partition coefficient (Wildman–Crippen LogP) is 5.84. The molecular weight excluding hydrogens is 586 g/mol. The van der Waals surface area contributed by atoms with Crippen LogP contribution in [0, 0.1) is 0 Å². The molecule has 2 amide bonds. The van der Waals surface area contributed by atoms with Gasteiger partial charge in [-0.15, -0.1) is 0 Å². The molecule has 0 radical (unpaired) electrons. The summed E-state index contributed by atoms with van der Waals surface area (Å²) in [5, 5.41) is 3.55. The fourth-order valence-electron chi connectivity index (χ4n) is 4.73. The third-order valence-electron chi connectivity index (χ3n) is 7.16. The van der Waals surface area contributed by atoms with Gasteiger partial charge < -0.3 is 15.0 Å². The lowest BCUT2D eigenvalue weighted by Crippen LogP contribution is -2.52. The first-order valence-electron chi connectivity index (χ1n) is 14.6. The van der Waals surface area contributed by atoms with Crippen LogP contribution in [0.3, 0.4) is 0 Å². The molecule has 3 rings (SSSR count). The van der Waals surface area contributed by atoms with E-state index in [9.17, 15) is 18.0 Å². The Labute approximate surface area is 261 Å². The van der Waals surface area contributed by atoms with Gasteiger partial charge in [-0.05, 0) is 56.0 Å². The zero-order valence-corrected chi connectivity index (χ0v) is 26.9. The fourth-order valence-corrected chi connectivity index (χ4v) is 5.89. The molecule has 0 heterocycles. The first kappa shape index (κ1) is 33.9. The van der Waals surface area contributed by atoms with Gasteiger partial charge in [0.2, 0.25) is 21.8 Å². The van der Waals surface area contributed by atoms with Crippen LogP contribution in [0.25, 0.3) is 0 Å². The standard InChI is InChI=1S/C33H42ClN3O5S/c1-5-25(3)35-33(39)30(23-26-15-8-7-9-16-26)36(24-27-17-10-11-18-28(27)34)32(38)21-14-22-37(43(4,40)41)29-19-12-13-20-31(29)42-6-2/h7-13,15-20,25,30H,5-6,14,21-24H2,1-4H3,(H,35,39)/t25-,30+/m1/s1. The molecule has 0 saturated carbocycles. The highest BCUT2D eigenvalue weighted by molar-refractivity contribution is 7.92. The van der Waals surface area contributed by atoms with Gasteiger partial charge in [0.25, 0.3) is 0 Å². The zero-order chi connectivity index (χ0) is 31.4. The van der Waals surface area contributed by atoms with Crippen molar-refractivity contribution in [2.45, 2.75) is 65.1 Å². The number of rotatable bonds is 16. The monoisotopic (exact) mass is 627 g/mol. The minimum Gasteiger partial charge on any atom is -0.492 e. The number of carbonyl (C=O) groups is 2. The summed E-state index contributed by atoms with van der Waals surface area (Å²) in [5.74, 6) is -0.0690. The second kappa shape index (κ2) is 16.3. The number of amides is 2. The first-order chi connectivity index (χ1) is 20.5. The topological polar surface area (TPSA) is 96.0 Å². The number of ether oxygens (including phenoxy) is 1. The number of para-hydroxylation sites is 2. The largest absolute Gasteiger partial charge is 0.492 e. The maximum atomic E-state index is 14.0. The van der Waals surface area contributed by atoms with E-state index >= 15 is 0 Å². The SMILES string of the molecule is CCOc1ccccc1N(CCCC(=O)N(Cc1ccccc1Cl)[C@@H](Cc1ccccc1)C(=O)N[C@H](C)CC)S(C)(=O)=O. The molecular formula is C33H42ClN3O5S. The molecule has 0 aliphatic rings. The summed E-state index contributed by atoms with van der Waals surface area (Å²) in [6.45, 7) is 6.32. The van der Waals surface area contributed by atoms with Crippen LogP contribution in [0.5, 0.6) is 5.75 Å². The Bertz CT molecular complexity index is 1450. The highest BCUT2D eigenvalue weighted by Gasteiger charge is 2.31. The van der Waals surface area contributed by atoms with Crippen molar-refractivity contribution in [2.75, 3.05) is 23.7 Å². The maximum Gasteiger partial charge on any atom is 0.243 e. The van der Waals surface area contributed by atoms with Crippen molar-refractivity contribution < 1.29 is 22.7 Å². The molecule has 1 N–H and O–H groups in total. The van der Waals surface area contributed by atoms with Crippen molar-refractivity contribution >= 4 is 39.1 Å². The molecule has 10 heteroatoms. The molecule has 0 bridgehead atoms. The Morgan fingerprint density at radius 2 is 1.60 bits per heavy atom. The van der Waals surface area contributed by atoms with Crippen LogP contribution in [0.1, 0.15) is 51.2 Å². The van der Waals surface area contributed by atoms with Crippen LogP contribution in [0.15, 0.2) is 78.9 Å². The van der Waals surface area contributed by atoms with Crippen LogP contribution in [0.2, 0.25) is 5.02 Å². The molecule has 0 aliphatic carbocycles. The average Bonchev–Trinajstić information content (AvgIpc) is 2.98. The first-order valence-corrected chi connectivity index (χ1v) is 16.8. The number of nitrogens with one attached hydrogen (secondary N) is 1. The van der Waals surface area contributed by atoms with Gasteiger partial charge in [0.05, 0.1) is 18.6 Å². The van der Waals surface area contributed by atoms with Gasteiger partial charge in [-0.2, -0.15) is 0 Å². The number of carbonyl (C=O) groups excluding carboxylic acids is 2. The number of halogens is 1. The number of nitrogens with zero attached hydrogens (tertiary/aromatic N) is 2. The van der Waals surface area contributed by atoms with Gasteiger partial charge >= 0.3 is 0 Å². The fraction of sp³-hybridized carbons (Fsp3) is 0.394. The Morgan fingerprint density at radius 1 is 0.953 bits per heavy atom. The van der Waals surface area contributed by atoms with Gasteiger partial charge in [0.1, 0.15) is 11.8 Å². The molecule has 0 fully saturated rings. The molecule has 0 aromatic heterocycles. The molecule has 0 aliphatic heterocycles. The van der Waals surface area contributed by atoms with E-state index in [1.807, 2.05) is 69.3 Å². The molecule has 43 heavy (non-hydrogen) atoms. The molecule has 0 unspecified atom stereocenters. The maximum absolute atomic E-state index is 14.0. The van der Waals surface area contributed by atoms with Crippen LogP contribution >= 0.6 is 11.6 Å². The van der Waals surface area contributed by atoms with Gasteiger partial charge in [0.15, 0.2) is 0 Å². The van der Waals surface area contributed by atoms with Gasteiger partial charge in [-0.25, -0.2) is 8.42 Å². The molecule has 8 nitrogen and oxygen atoms in total. The van der Waals surface area contributed by atoms with Crippen molar-refractivity contribution in [3.05, 3.63) is 95.0 Å². The van der Waals surface area contributed by atoms with E-state index in [2.05, 4.69) is 5.32 Å². The highest BCUT2D eigenvalue weighted by atomic mass is 35.5. The van der Waals surface area contributed by atoms with E-state index in [1.54, 1.807) is 35.2 Å². The predicted molar refractivity (Wildman–Crippen MR) is 173 cm³/mol. The van der Waals surface area contributed by atoms with Crippen molar-refractivity contribution in [1.29, 1.82) is 0 Å². The van der Waals surface area contributed by atoms with Crippen molar-refractivity contribution in [2.24, 2.45) is 0 Å². The summed E-state index contributed by atoms with van der Waals surface area (Å²) in [5.41, 5.74) is 2.05. The third kappa shape index (κ3) is 10.0. The Morgan fingerprint density at radius 3 is 2.26 bits per heavy atom. The lowest BCUT2D eigenvalue weighted by Gasteiger charge is -2.33.